The summed E-state index contributed by atoms with van der Waals surface area (Å²) in [4.78, 5) is 11.8. The zero-order valence-corrected chi connectivity index (χ0v) is 9.30. The second-order valence-corrected chi connectivity index (χ2v) is 4.70. The summed E-state index contributed by atoms with van der Waals surface area (Å²) in [5.74, 6) is -0.525. The largest absolute Gasteiger partial charge is 0.490 e. The number of nitrogens with one attached hydrogen (secondary N) is 1. The van der Waals surface area contributed by atoms with E-state index in [9.17, 15) is 18.0 Å². The van der Waals surface area contributed by atoms with Crippen LogP contribution in [-0.2, 0) is 11.0 Å². The van der Waals surface area contributed by atoms with Gasteiger partial charge in [-0.25, -0.2) is 0 Å². The van der Waals surface area contributed by atoms with Crippen LogP contribution in [0.2, 0.25) is 0 Å². The van der Waals surface area contributed by atoms with Gasteiger partial charge in [-0.05, 0) is 25.0 Å². The number of ether oxygens (including phenoxy) is 1. The molecule has 0 unspecified atom stereocenters. The van der Waals surface area contributed by atoms with Gasteiger partial charge < -0.3 is 10.1 Å². The third kappa shape index (κ3) is 1.63. The van der Waals surface area contributed by atoms with E-state index < -0.39 is 17.2 Å². The molecule has 1 aliphatic heterocycles. The van der Waals surface area contributed by atoms with Crippen molar-refractivity contribution in [3.63, 3.8) is 0 Å². The lowest BCUT2D eigenvalue weighted by atomic mass is 10.1. The van der Waals surface area contributed by atoms with Gasteiger partial charge in [-0.2, -0.15) is 13.2 Å². The monoisotopic (exact) mass is 257 g/mol. The Morgan fingerprint density at radius 1 is 1.28 bits per heavy atom. The van der Waals surface area contributed by atoms with Gasteiger partial charge in [0.05, 0.1) is 16.7 Å². The average molecular weight is 257 g/mol. The highest BCUT2D eigenvalue weighted by Crippen LogP contribution is 2.51. The third-order valence-electron chi connectivity index (χ3n) is 3.40. The van der Waals surface area contributed by atoms with Crippen LogP contribution in [-0.4, -0.2) is 12.5 Å². The predicted octanol–water partition coefficient (Wildman–Crippen LogP) is 2.82. The Morgan fingerprint density at radius 2 is 2.00 bits per heavy atom. The lowest BCUT2D eigenvalue weighted by Gasteiger charge is -2.14. The molecule has 1 aliphatic carbocycles. The molecule has 0 radical (unpaired) electrons. The first kappa shape index (κ1) is 11.4. The number of rotatable bonds is 0. The number of para-hydroxylation sites is 1. The molecule has 0 bridgehead atoms. The minimum atomic E-state index is -4.49. The minimum Gasteiger partial charge on any atom is -0.490 e. The summed E-state index contributed by atoms with van der Waals surface area (Å²) in [6.45, 7) is 0.0128. The highest BCUT2D eigenvalue weighted by molar-refractivity contribution is 5.99. The molecule has 1 amide bonds. The lowest BCUT2D eigenvalue weighted by Crippen LogP contribution is -2.26. The summed E-state index contributed by atoms with van der Waals surface area (Å²) in [6, 6.07) is 3.63. The molecule has 1 spiro atoms. The molecule has 18 heavy (non-hydrogen) atoms. The molecule has 0 atom stereocenters. The fourth-order valence-corrected chi connectivity index (χ4v) is 2.07. The molecule has 2 aliphatic rings. The number of anilines is 1. The summed E-state index contributed by atoms with van der Waals surface area (Å²) in [7, 11) is 0. The lowest BCUT2D eigenvalue weighted by molar-refractivity contribution is -0.138. The van der Waals surface area contributed by atoms with E-state index in [0.717, 1.165) is 6.07 Å². The quantitative estimate of drug-likeness (QED) is 0.776. The molecule has 1 heterocycles. The van der Waals surface area contributed by atoms with Crippen molar-refractivity contribution in [2.45, 2.75) is 19.0 Å². The standard InChI is InChI=1S/C12H10F3NO2/c13-12(14,15)7-2-1-3-8-9(7)18-6-11(4-5-11)10(17)16-8/h1-3H,4-6H2,(H,16,17). The van der Waals surface area contributed by atoms with E-state index in [0.29, 0.717) is 12.8 Å². The number of amides is 1. The maximum absolute atomic E-state index is 12.8. The van der Waals surface area contributed by atoms with Crippen LogP contribution in [0.3, 0.4) is 0 Å². The van der Waals surface area contributed by atoms with Crippen molar-refractivity contribution < 1.29 is 22.7 Å². The first-order valence-electron chi connectivity index (χ1n) is 5.57. The molecule has 3 nitrogen and oxygen atoms in total. The van der Waals surface area contributed by atoms with Crippen molar-refractivity contribution in [2.75, 3.05) is 11.9 Å². The zero-order valence-electron chi connectivity index (χ0n) is 9.30. The van der Waals surface area contributed by atoms with Crippen molar-refractivity contribution in [1.82, 2.24) is 0 Å². The van der Waals surface area contributed by atoms with Crippen molar-refractivity contribution in [3.05, 3.63) is 23.8 Å². The number of halogens is 3. The van der Waals surface area contributed by atoms with Gasteiger partial charge >= 0.3 is 6.18 Å². The fourth-order valence-electron chi connectivity index (χ4n) is 2.07. The van der Waals surface area contributed by atoms with E-state index in [2.05, 4.69) is 5.32 Å². The number of fused-ring (bicyclic) bond motifs is 1. The maximum Gasteiger partial charge on any atom is 0.420 e. The second-order valence-electron chi connectivity index (χ2n) is 4.70. The summed E-state index contributed by atoms with van der Waals surface area (Å²) in [6.07, 6.45) is -3.17. The minimum absolute atomic E-state index is 0.0128. The Kier molecular flexibility index (Phi) is 2.15. The summed E-state index contributed by atoms with van der Waals surface area (Å²) in [5, 5.41) is 2.52. The molecule has 6 heteroatoms. The summed E-state index contributed by atoms with van der Waals surface area (Å²) >= 11 is 0. The Hall–Kier alpha value is -1.72. The van der Waals surface area contributed by atoms with Crippen LogP contribution in [0.1, 0.15) is 18.4 Å². The topological polar surface area (TPSA) is 38.3 Å². The highest BCUT2D eigenvalue weighted by atomic mass is 19.4. The normalized spacial score (nSPS) is 20.7. The van der Waals surface area contributed by atoms with Gasteiger partial charge in [0.2, 0.25) is 5.91 Å². The van der Waals surface area contributed by atoms with Crippen LogP contribution in [0.25, 0.3) is 0 Å². The van der Waals surface area contributed by atoms with E-state index in [1.54, 1.807) is 0 Å². The van der Waals surface area contributed by atoms with Gasteiger partial charge in [-0.1, -0.05) is 6.07 Å². The van der Waals surface area contributed by atoms with Crippen molar-refractivity contribution in [2.24, 2.45) is 5.41 Å². The van der Waals surface area contributed by atoms with E-state index in [4.69, 9.17) is 4.74 Å². The van der Waals surface area contributed by atoms with E-state index >= 15 is 0 Å². The zero-order chi connectivity index (χ0) is 13.0. The Labute approximate surface area is 101 Å². The fraction of sp³-hybridized carbons (Fsp3) is 0.417. The van der Waals surface area contributed by atoms with Crippen LogP contribution in [0, 0.1) is 5.41 Å². The van der Waals surface area contributed by atoms with Gasteiger partial charge in [0, 0.05) is 0 Å². The number of benzene rings is 1. The van der Waals surface area contributed by atoms with Crippen molar-refractivity contribution in [3.8, 4) is 5.75 Å². The highest BCUT2D eigenvalue weighted by Gasteiger charge is 2.52. The third-order valence-corrected chi connectivity index (χ3v) is 3.40. The molecular weight excluding hydrogens is 247 g/mol. The first-order valence-corrected chi connectivity index (χ1v) is 5.57. The van der Waals surface area contributed by atoms with E-state index in [1.807, 2.05) is 0 Å². The smallest absolute Gasteiger partial charge is 0.420 e. The van der Waals surface area contributed by atoms with Crippen molar-refractivity contribution in [1.29, 1.82) is 0 Å². The number of hydrogen-bond acceptors (Lipinski definition) is 2. The number of hydrogen-bond donors (Lipinski definition) is 1. The molecular formula is C12H10F3NO2. The molecule has 0 aromatic heterocycles. The molecule has 1 N–H and O–H groups in total. The molecule has 3 rings (SSSR count). The Bertz CT molecular complexity index is 521. The Morgan fingerprint density at radius 3 is 2.61 bits per heavy atom. The number of carbonyl (C=O) groups is 1. The van der Waals surface area contributed by atoms with Gasteiger partial charge in [-0.15, -0.1) is 0 Å². The number of alkyl halides is 3. The maximum atomic E-state index is 12.8. The van der Waals surface area contributed by atoms with E-state index in [-0.39, 0.29) is 24.0 Å². The van der Waals surface area contributed by atoms with Crippen LogP contribution in [0.4, 0.5) is 18.9 Å². The van der Waals surface area contributed by atoms with Crippen LogP contribution in [0.5, 0.6) is 5.75 Å². The van der Waals surface area contributed by atoms with Crippen molar-refractivity contribution >= 4 is 11.6 Å². The SMILES string of the molecule is O=C1Nc2cccc(C(F)(F)F)c2OCC12CC2. The van der Waals surface area contributed by atoms with Crippen LogP contribution >= 0.6 is 0 Å². The second kappa shape index (κ2) is 3.40. The molecule has 1 saturated carbocycles. The van der Waals surface area contributed by atoms with Gasteiger partial charge in [-0.3, -0.25) is 4.79 Å². The van der Waals surface area contributed by atoms with E-state index in [1.165, 1.54) is 12.1 Å². The summed E-state index contributed by atoms with van der Waals surface area (Å²) < 4.78 is 43.7. The first-order chi connectivity index (χ1) is 8.42. The summed E-state index contributed by atoms with van der Waals surface area (Å²) in [5.41, 5.74) is -1.38. The van der Waals surface area contributed by atoms with Crippen LogP contribution < -0.4 is 10.1 Å². The number of carbonyl (C=O) groups excluding carboxylic acids is 1. The molecule has 1 aromatic carbocycles. The molecule has 0 saturated heterocycles. The Balaban J connectivity index is 2.06. The van der Waals surface area contributed by atoms with Gasteiger partial charge in [0.15, 0.2) is 5.75 Å². The molecule has 96 valence electrons. The van der Waals surface area contributed by atoms with Crippen LogP contribution in [0.15, 0.2) is 18.2 Å². The average Bonchev–Trinajstić information content (AvgIpc) is 3.07. The predicted molar refractivity (Wildman–Crippen MR) is 57.2 cm³/mol. The molecule has 1 fully saturated rings. The van der Waals surface area contributed by atoms with Gasteiger partial charge in [0.25, 0.3) is 0 Å². The molecule has 1 aromatic rings. The van der Waals surface area contributed by atoms with Gasteiger partial charge in [0.1, 0.15) is 6.61 Å².